The third-order valence-corrected chi connectivity index (χ3v) is 5.85. The molecular weight excluding hydrogens is 342 g/mol. The number of carbonyl (C=O) groups excluding carboxylic acids is 1. The maximum Gasteiger partial charge on any atom is 0.240 e. The van der Waals surface area contributed by atoms with Crippen LogP contribution in [0.15, 0.2) is 53.6 Å². The van der Waals surface area contributed by atoms with E-state index in [0.717, 1.165) is 33.9 Å². The van der Waals surface area contributed by atoms with E-state index < -0.39 is 0 Å². The van der Waals surface area contributed by atoms with E-state index >= 15 is 0 Å². The van der Waals surface area contributed by atoms with Crippen LogP contribution in [0.3, 0.4) is 0 Å². The number of amides is 1. The number of benzene rings is 2. The fourth-order valence-electron chi connectivity index (χ4n) is 3.56. The number of fused-ring (bicyclic) bond motifs is 2. The van der Waals surface area contributed by atoms with Gasteiger partial charge in [0.15, 0.2) is 0 Å². The number of hydrogen-bond donors (Lipinski definition) is 0. The summed E-state index contributed by atoms with van der Waals surface area (Å²) in [4.78, 5) is 24.2. The fraction of sp³-hybridized carbons (Fsp3) is 0.286. The van der Waals surface area contributed by atoms with Crippen molar-refractivity contribution in [1.82, 2.24) is 9.97 Å². The van der Waals surface area contributed by atoms with Crippen molar-refractivity contribution in [2.24, 2.45) is 0 Å². The summed E-state index contributed by atoms with van der Waals surface area (Å²) >= 11 is 1.52. The second-order valence-electron chi connectivity index (χ2n) is 6.74. The van der Waals surface area contributed by atoms with Crippen molar-refractivity contribution in [2.75, 3.05) is 4.90 Å². The van der Waals surface area contributed by atoms with Crippen LogP contribution in [0.4, 0.5) is 5.69 Å². The van der Waals surface area contributed by atoms with Crippen LogP contribution < -0.4 is 4.90 Å². The number of hydrogen-bond acceptors (Lipinski definition) is 4. The predicted octanol–water partition coefficient (Wildman–Crippen LogP) is 4.40. The molecule has 0 aliphatic carbocycles. The molecule has 1 aliphatic heterocycles. The molecule has 26 heavy (non-hydrogen) atoms. The Morgan fingerprint density at radius 1 is 1.15 bits per heavy atom. The van der Waals surface area contributed by atoms with Gasteiger partial charge in [-0.2, -0.15) is 0 Å². The van der Waals surface area contributed by atoms with E-state index in [4.69, 9.17) is 0 Å². The van der Waals surface area contributed by atoms with Crippen LogP contribution in [0.5, 0.6) is 0 Å². The Bertz CT molecular complexity index is 988. The van der Waals surface area contributed by atoms with Crippen LogP contribution in [-0.2, 0) is 11.2 Å². The highest BCUT2D eigenvalue weighted by Gasteiger charge is 2.33. The minimum atomic E-state index is -0.221. The largest absolute Gasteiger partial charge is 0.308 e. The summed E-state index contributed by atoms with van der Waals surface area (Å²) in [5.74, 6) is 0.860. The first-order valence-corrected chi connectivity index (χ1v) is 9.73. The molecule has 0 N–H and O–H groups in total. The van der Waals surface area contributed by atoms with Crippen LogP contribution >= 0.6 is 11.8 Å². The summed E-state index contributed by atoms with van der Waals surface area (Å²) in [6, 6.07) is 16.3. The van der Waals surface area contributed by atoms with E-state index in [1.54, 1.807) is 0 Å². The maximum absolute atomic E-state index is 13.2. The van der Waals surface area contributed by atoms with Gasteiger partial charge in [0.25, 0.3) is 0 Å². The molecule has 4 rings (SSSR count). The Kier molecular flexibility index (Phi) is 4.41. The van der Waals surface area contributed by atoms with Gasteiger partial charge in [-0.15, -0.1) is 0 Å². The summed E-state index contributed by atoms with van der Waals surface area (Å²) in [6.45, 7) is 5.97. The highest BCUT2D eigenvalue weighted by atomic mass is 32.2. The minimum absolute atomic E-state index is 0.132. The zero-order valence-electron chi connectivity index (χ0n) is 15.1. The quantitative estimate of drug-likeness (QED) is 0.511. The Morgan fingerprint density at radius 2 is 1.88 bits per heavy atom. The van der Waals surface area contributed by atoms with Crippen LogP contribution in [-0.4, -0.2) is 27.2 Å². The van der Waals surface area contributed by atoms with Gasteiger partial charge in [0.2, 0.25) is 5.91 Å². The van der Waals surface area contributed by atoms with E-state index in [2.05, 4.69) is 23.0 Å². The van der Waals surface area contributed by atoms with E-state index in [0.29, 0.717) is 0 Å². The molecule has 1 amide bonds. The smallest absolute Gasteiger partial charge is 0.240 e. The average molecular weight is 363 g/mol. The highest BCUT2D eigenvalue weighted by Crippen LogP contribution is 2.35. The van der Waals surface area contributed by atoms with E-state index in [1.807, 2.05) is 61.2 Å². The molecule has 2 atom stereocenters. The van der Waals surface area contributed by atoms with Gasteiger partial charge < -0.3 is 4.90 Å². The molecule has 2 heterocycles. The first-order chi connectivity index (χ1) is 12.5. The van der Waals surface area contributed by atoms with Gasteiger partial charge in [0.1, 0.15) is 10.9 Å². The van der Waals surface area contributed by atoms with Crippen molar-refractivity contribution in [3.05, 3.63) is 59.9 Å². The first kappa shape index (κ1) is 17.0. The van der Waals surface area contributed by atoms with Crippen LogP contribution in [0.25, 0.3) is 10.9 Å². The zero-order chi connectivity index (χ0) is 18.3. The maximum atomic E-state index is 13.2. The molecule has 3 aromatic rings. The second-order valence-corrected chi connectivity index (χ2v) is 8.07. The number of aryl methyl sites for hydroxylation is 1. The summed E-state index contributed by atoms with van der Waals surface area (Å²) in [6.07, 6.45) is 0.912. The lowest BCUT2D eigenvalue weighted by Crippen LogP contribution is -2.40. The molecule has 0 radical (unpaired) electrons. The monoisotopic (exact) mass is 363 g/mol. The van der Waals surface area contributed by atoms with Crippen molar-refractivity contribution in [2.45, 2.75) is 43.5 Å². The molecular formula is C21H21N3OS. The van der Waals surface area contributed by atoms with Crippen LogP contribution in [0, 0.1) is 6.92 Å². The van der Waals surface area contributed by atoms with Crippen LogP contribution in [0.1, 0.15) is 25.2 Å². The Hall–Kier alpha value is -2.40. The Labute approximate surface area is 157 Å². The number of thioether (sulfide) groups is 1. The number of nitrogens with zero attached hydrogens (tertiary/aromatic N) is 3. The molecule has 132 valence electrons. The van der Waals surface area contributed by atoms with Gasteiger partial charge in [-0.3, -0.25) is 4.79 Å². The lowest BCUT2D eigenvalue weighted by molar-refractivity contribution is -0.118. The fourth-order valence-corrected chi connectivity index (χ4v) is 4.60. The van der Waals surface area contributed by atoms with Crippen molar-refractivity contribution < 1.29 is 4.79 Å². The van der Waals surface area contributed by atoms with Crippen molar-refractivity contribution in [1.29, 1.82) is 0 Å². The van der Waals surface area contributed by atoms with Gasteiger partial charge in [0, 0.05) is 17.1 Å². The summed E-state index contributed by atoms with van der Waals surface area (Å²) in [7, 11) is 0. The standard InChI is InChI=1S/C21H21N3OS/c1-13-12-16-8-4-7-11-19(16)24(13)21(25)14(2)26-20-17-9-5-6-10-18(17)22-15(3)23-20/h4-11,13-14H,12H2,1-3H3. The molecule has 0 saturated heterocycles. The van der Waals surface area contributed by atoms with E-state index in [1.165, 1.54) is 17.3 Å². The van der Waals surface area contributed by atoms with Gasteiger partial charge in [0.05, 0.1) is 10.8 Å². The number of rotatable bonds is 3. The first-order valence-electron chi connectivity index (χ1n) is 8.85. The van der Waals surface area contributed by atoms with Gasteiger partial charge in [-0.25, -0.2) is 9.97 Å². The molecule has 2 unspecified atom stereocenters. The number of anilines is 1. The molecule has 0 spiro atoms. The van der Waals surface area contributed by atoms with Crippen molar-refractivity contribution in [3.8, 4) is 0 Å². The third kappa shape index (κ3) is 2.97. The lowest BCUT2D eigenvalue weighted by atomic mass is 10.1. The van der Waals surface area contributed by atoms with Gasteiger partial charge >= 0.3 is 0 Å². The highest BCUT2D eigenvalue weighted by molar-refractivity contribution is 8.00. The van der Waals surface area contributed by atoms with Crippen LogP contribution in [0.2, 0.25) is 0 Å². The molecule has 0 bridgehead atoms. The summed E-state index contributed by atoms with van der Waals surface area (Å²) < 4.78 is 0. The van der Waals surface area contributed by atoms with Gasteiger partial charge in [-0.1, -0.05) is 48.2 Å². The third-order valence-electron chi connectivity index (χ3n) is 4.76. The number of aromatic nitrogens is 2. The molecule has 1 aliphatic rings. The molecule has 2 aromatic carbocycles. The number of carbonyl (C=O) groups is 1. The topological polar surface area (TPSA) is 46.1 Å². The normalized spacial score (nSPS) is 17.3. The van der Waals surface area contributed by atoms with E-state index in [-0.39, 0.29) is 17.2 Å². The predicted molar refractivity (Wildman–Crippen MR) is 107 cm³/mol. The zero-order valence-corrected chi connectivity index (χ0v) is 16.0. The van der Waals surface area contributed by atoms with E-state index in [9.17, 15) is 4.79 Å². The molecule has 5 heteroatoms. The SMILES string of the molecule is Cc1nc(SC(C)C(=O)N2c3ccccc3CC2C)c2ccccc2n1. The summed E-state index contributed by atoms with van der Waals surface area (Å²) in [5, 5.41) is 1.65. The second kappa shape index (κ2) is 6.72. The van der Waals surface area contributed by atoms with Crippen molar-refractivity contribution >= 4 is 34.3 Å². The summed E-state index contributed by atoms with van der Waals surface area (Å²) in [5.41, 5.74) is 3.21. The molecule has 4 nitrogen and oxygen atoms in total. The average Bonchev–Trinajstić information content (AvgIpc) is 2.96. The lowest BCUT2D eigenvalue weighted by Gasteiger charge is -2.26. The minimum Gasteiger partial charge on any atom is -0.308 e. The van der Waals surface area contributed by atoms with Gasteiger partial charge in [-0.05, 0) is 44.9 Å². The molecule has 1 aromatic heterocycles. The van der Waals surface area contributed by atoms with Crippen molar-refractivity contribution in [3.63, 3.8) is 0 Å². The Balaban J connectivity index is 1.63. The Morgan fingerprint density at radius 3 is 2.73 bits per heavy atom. The molecule has 0 saturated carbocycles. The molecule has 0 fully saturated rings. The number of para-hydroxylation sites is 2.